The number of hydrogen-bond donors (Lipinski definition) is 1. The Balaban J connectivity index is 2.09. The molecule has 0 amide bonds. The van der Waals surface area contributed by atoms with Gasteiger partial charge in [-0.3, -0.25) is 0 Å². The highest BCUT2D eigenvalue weighted by molar-refractivity contribution is 7.71. The fourth-order valence-electron chi connectivity index (χ4n) is 1.44. The van der Waals surface area contributed by atoms with E-state index >= 15 is 0 Å². The zero-order chi connectivity index (χ0) is 9.97. The molecule has 0 aliphatic rings. The van der Waals surface area contributed by atoms with Crippen LogP contribution in [-0.2, 0) is 13.0 Å². The van der Waals surface area contributed by atoms with Crippen LogP contribution < -0.4 is 0 Å². The molecule has 2 heterocycles. The summed E-state index contributed by atoms with van der Waals surface area (Å²) in [5, 5.41) is 4.30. The van der Waals surface area contributed by atoms with Gasteiger partial charge in [0.05, 0.1) is 0 Å². The van der Waals surface area contributed by atoms with Crippen LogP contribution >= 0.6 is 23.6 Å². The van der Waals surface area contributed by atoms with Crippen molar-refractivity contribution in [3.05, 3.63) is 39.1 Å². The third-order valence-electron chi connectivity index (χ3n) is 2.28. The first-order valence-corrected chi connectivity index (χ1v) is 5.88. The topological polar surface area (TPSA) is 20.7 Å². The number of thiophene rings is 1. The average molecular weight is 224 g/mol. The number of hydrogen-bond acceptors (Lipinski definition) is 2. The summed E-state index contributed by atoms with van der Waals surface area (Å²) in [6.07, 6.45) is 3.01. The van der Waals surface area contributed by atoms with E-state index in [1.807, 2.05) is 6.20 Å². The normalized spacial score (nSPS) is 10.6. The van der Waals surface area contributed by atoms with E-state index < -0.39 is 0 Å². The van der Waals surface area contributed by atoms with Crippen LogP contribution in [0.3, 0.4) is 0 Å². The maximum atomic E-state index is 5.18. The van der Waals surface area contributed by atoms with Gasteiger partial charge in [0, 0.05) is 18.4 Å². The Hall–Kier alpha value is -0.870. The number of nitrogens with one attached hydrogen (secondary N) is 1. The minimum absolute atomic E-state index is 0.817. The van der Waals surface area contributed by atoms with Gasteiger partial charge in [-0.15, -0.1) is 0 Å². The smallest absolute Gasteiger partial charge is 0.177 e. The van der Waals surface area contributed by atoms with Gasteiger partial charge in [0.15, 0.2) is 4.77 Å². The second-order valence-electron chi connectivity index (χ2n) is 3.27. The van der Waals surface area contributed by atoms with Gasteiger partial charge in [0.25, 0.3) is 0 Å². The van der Waals surface area contributed by atoms with Crippen molar-refractivity contribution in [3.8, 4) is 0 Å². The summed E-state index contributed by atoms with van der Waals surface area (Å²) in [5.74, 6) is 0. The van der Waals surface area contributed by atoms with Crippen LogP contribution in [0.25, 0.3) is 0 Å². The van der Waals surface area contributed by atoms with E-state index in [-0.39, 0.29) is 0 Å². The largest absolute Gasteiger partial charge is 0.337 e. The quantitative estimate of drug-likeness (QED) is 0.794. The highest BCUT2D eigenvalue weighted by Crippen LogP contribution is 2.09. The van der Waals surface area contributed by atoms with Crippen LogP contribution in [0.1, 0.15) is 11.3 Å². The standard InChI is InChI=1S/C10H12N2S2/c1-8-6-11-10(13)12(8)4-2-9-3-5-14-7-9/h3,5-7H,2,4H2,1H3,(H,11,13). The third-order valence-corrected chi connectivity index (χ3v) is 3.35. The highest BCUT2D eigenvalue weighted by Gasteiger charge is 1.99. The van der Waals surface area contributed by atoms with Gasteiger partial charge in [-0.25, -0.2) is 0 Å². The molecule has 74 valence electrons. The van der Waals surface area contributed by atoms with Gasteiger partial charge in [-0.05, 0) is 48.0 Å². The zero-order valence-electron chi connectivity index (χ0n) is 7.99. The first-order valence-electron chi connectivity index (χ1n) is 4.53. The monoisotopic (exact) mass is 224 g/mol. The van der Waals surface area contributed by atoms with Crippen molar-refractivity contribution in [1.29, 1.82) is 0 Å². The molecule has 0 aromatic carbocycles. The van der Waals surface area contributed by atoms with Crippen molar-refractivity contribution in [2.24, 2.45) is 0 Å². The molecule has 0 spiro atoms. The van der Waals surface area contributed by atoms with Crippen molar-refractivity contribution < 1.29 is 0 Å². The molecule has 14 heavy (non-hydrogen) atoms. The van der Waals surface area contributed by atoms with E-state index in [0.29, 0.717) is 0 Å². The lowest BCUT2D eigenvalue weighted by Gasteiger charge is -2.03. The first kappa shape index (κ1) is 9.68. The summed E-state index contributed by atoms with van der Waals surface area (Å²) in [5.41, 5.74) is 2.59. The Morgan fingerprint density at radius 2 is 2.43 bits per heavy atom. The summed E-state index contributed by atoms with van der Waals surface area (Å²) in [6, 6.07) is 2.16. The maximum Gasteiger partial charge on any atom is 0.177 e. The highest BCUT2D eigenvalue weighted by atomic mass is 32.1. The molecule has 0 aliphatic carbocycles. The van der Waals surface area contributed by atoms with Gasteiger partial charge in [0.1, 0.15) is 0 Å². The Bertz CT molecular complexity index is 451. The maximum absolute atomic E-state index is 5.18. The van der Waals surface area contributed by atoms with Crippen molar-refractivity contribution in [3.63, 3.8) is 0 Å². The number of aromatic amines is 1. The molecule has 0 fully saturated rings. The molecule has 2 aromatic heterocycles. The fraction of sp³-hybridized carbons (Fsp3) is 0.300. The Morgan fingerprint density at radius 3 is 3.00 bits per heavy atom. The minimum atomic E-state index is 0.817. The average Bonchev–Trinajstić information content (AvgIpc) is 2.76. The molecule has 0 aliphatic heterocycles. The number of rotatable bonds is 3. The predicted molar refractivity (Wildman–Crippen MR) is 62.4 cm³/mol. The zero-order valence-corrected chi connectivity index (χ0v) is 9.62. The summed E-state index contributed by atoms with van der Waals surface area (Å²) >= 11 is 6.92. The number of aromatic nitrogens is 2. The van der Waals surface area contributed by atoms with Gasteiger partial charge in [-0.2, -0.15) is 11.3 Å². The minimum Gasteiger partial charge on any atom is -0.337 e. The van der Waals surface area contributed by atoms with Gasteiger partial charge >= 0.3 is 0 Å². The number of nitrogens with zero attached hydrogens (tertiary/aromatic N) is 1. The van der Waals surface area contributed by atoms with Crippen LogP contribution in [0.15, 0.2) is 23.0 Å². The molecule has 4 heteroatoms. The number of aryl methyl sites for hydroxylation is 2. The molecule has 0 unspecified atom stereocenters. The Labute approximate surface area is 92.2 Å². The number of H-pyrrole nitrogens is 1. The van der Waals surface area contributed by atoms with Crippen molar-refractivity contribution in [2.45, 2.75) is 19.9 Å². The Morgan fingerprint density at radius 1 is 1.57 bits per heavy atom. The molecule has 0 saturated heterocycles. The van der Waals surface area contributed by atoms with Gasteiger partial charge < -0.3 is 9.55 Å². The van der Waals surface area contributed by atoms with E-state index in [9.17, 15) is 0 Å². The summed E-state index contributed by atoms with van der Waals surface area (Å²) in [7, 11) is 0. The third kappa shape index (κ3) is 1.96. The lowest BCUT2D eigenvalue weighted by molar-refractivity contribution is 0.670. The van der Waals surface area contributed by atoms with E-state index in [1.165, 1.54) is 11.3 Å². The summed E-state index contributed by atoms with van der Waals surface area (Å²) in [6.45, 7) is 3.03. The molecule has 0 saturated carbocycles. The summed E-state index contributed by atoms with van der Waals surface area (Å²) in [4.78, 5) is 3.05. The predicted octanol–water partition coefficient (Wildman–Crippen LogP) is 3.16. The van der Waals surface area contributed by atoms with Crippen molar-refractivity contribution in [1.82, 2.24) is 9.55 Å². The van der Waals surface area contributed by atoms with E-state index in [2.05, 4.69) is 33.3 Å². The second kappa shape index (κ2) is 4.11. The molecule has 1 N–H and O–H groups in total. The first-order chi connectivity index (χ1) is 6.77. The molecular weight excluding hydrogens is 212 g/mol. The van der Waals surface area contributed by atoms with Crippen LogP contribution in [0, 0.1) is 11.7 Å². The fourth-order valence-corrected chi connectivity index (χ4v) is 2.43. The van der Waals surface area contributed by atoms with E-state index in [4.69, 9.17) is 12.2 Å². The van der Waals surface area contributed by atoms with E-state index in [0.717, 1.165) is 17.7 Å². The molecule has 0 atom stereocenters. The summed E-state index contributed by atoms with van der Waals surface area (Å²) < 4.78 is 2.95. The lowest BCUT2D eigenvalue weighted by Crippen LogP contribution is -2.02. The lowest BCUT2D eigenvalue weighted by atomic mass is 10.2. The van der Waals surface area contributed by atoms with Crippen molar-refractivity contribution >= 4 is 23.6 Å². The van der Waals surface area contributed by atoms with Crippen LogP contribution in [0.4, 0.5) is 0 Å². The SMILES string of the molecule is Cc1c[nH]c(=S)n1CCc1ccsc1. The van der Waals surface area contributed by atoms with Gasteiger partial charge in [-0.1, -0.05) is 0 Å². The number of imidazole rings is 1. The molecule has 0 radical (unpaired) electrons. The molecule has 2 nitrogen and oxygen atoms in total. The molecular formula is C10H12N2S2. The van der Waals surface area contributed by atoms with Crippen LogP contribution in [0.2, 0.25) is 0 Å². The molecule has 2 rings (SSSR count). The second-order valence-corrected chi connectivity index (χ2v) is 4.44. The van der Waals surface area contributed by atoms with E-state index in [1.54, 1.807) is 11.3 Å². The molecule has 0 bridgehead atoms. The van der Waals surface area contributed by atoms with Crippen LogP contribution in [-0.4, -0.2) is 9.55 Å². The van der Waals surface area contributed by atoms with Gasteiger partial charge in [0.2, 0.25) is 0 Å². The van der Waals surface area contributed by atoms with Crippen molar-refractivity contribution in [2.75, 3.05) is 0 Å². The molecule has 2 aromatic rings. The van der Waals surface area contributed by atoms with Crippen LogP contribution in [0.5, 0.6) is 0 Å². The Kier molecular flexibility index (Phi) is 2.84.